The number of carbonyl (C=O) groups excluding carboxylic acids is 2. The van der Waals surface area contributed by atoms with Gasteiger partial charge in [-0.3, -0.25) is 4.79 Å². The highest BCUT2D eigenvalue weighted by molar-refractivity contribution is 9.09. The van der Waals surface area contributed by atoms with Crippen LogP contribution in [0.3, 0.4) is 0 Å². The predicted molar refractivity (Wildman–Crippen MR) is 57.9 cm³/mol. The highest BCUT2D eigenvalue weighted by Gasteiger charge is 2.23. The van der Waals surface area contributed by atoms with E-state index in [9.17, 15) is 9.59 Å². The molecule has 1 heterocycles. The van der Waals surface area contributed by atoms with Gasteiger partial charge in [-0.05, 0) is 6.92 Å². The second kappa shape index (κ2) is 5.22. The van der Waals surface area contributed by atoms with E-state index in [2.05, 4.69) is 20.9 Å². The van der Waals surface area contributed by atoms with E-state index < -0.39 is 5.97 Å². The van der Waals surface area contributed by atoms with Crippen molar-refractivity contribution in [1.29, 1.82) is 0 Å². The van der Waals surface area contributed by atoms with Crippen molar-refractivity contribution in [3.8, 4) is 5.19 Å². The molecule has 7 heteroatoms. The first kappa shape index (κ1) is 12.1. The van der Waals surface area contributed by atoms with E-state index in [4.69, 9.17) is 9.84 Å². The Bertz CT molecular complexity index is 390. The molecule has 0 spiro atoms. The Morgan fingerprint density at radius 2 is 2.27 bits per heavy atom. The van der Waals surface area contributed by atoms with Gasteiger partial charge in [-0.25, -0.2) is 4.79 Å². The first-order valence-electron chi connectivity index (χ1n) is 4.06. The summed E-state index contributed by atoms with van der Waals surface area (Å²) in [5.41, 5.74) is -0.121. The van der Waals surface area contributed by atoms with Crippen LogP contribution in [0.4, 0.5) is 0 Å². The number of thiazole rings is 1. The number of esters is 1. The van der Waals surface area contributed by atoms with Gasteiger partial charge in [0.25, 0.3) is 5.19 Å². The Morgan fingerprint density at radius 1 is 1.60 bits per heavy atom. The van der Waals surface area contributed by atoms with Crippen LogP contribution in [0, 0.1) is 0 Å². The van der Waals surface area contributed by atoms with Crippen LogP contribution in [0.1, 0.15) is 27.1 Å². The average Bonchev–Trinajstić information content (AvgIpc) is 2.59. The predicted octanol–water partition coefficient (Wildman–Crippen LogP) is 1.60. The summed E-state index contributed by atoms with van der Waals surface area (Å²) in [5.74, 6) is -1.01. The summed E-state index contributed by atoms with van der Waals surface area (Å²) in [6.45, 7) is 1.84. The van der Waals surface area contributed by atoms with Crippen molar-refractivity contribution in [1.82, 2.24) is 4.98 Å². The van der Waals surface area contributed by atoms with E-state index in [0.717, 1.165) is 11.3 Å². The molecule has 82 valence electrons. The highest BCUT2D eigenvalue weighted by atomic mass is 79.9. The number of carbonyl (C=O) groups is 2. The highest BCUT2D eigenvalue weighted by Crippen LogP contribution is 2.25. The number of rotatable bonds is 4. The lowest BCUT2D eigenvalue weighted by Gasteiger charge is -1.99. The van der Waals surface area contributed by atoms with Crippen LogP contribution in [0.15, 0.2) is 0 Å². The van der Waals surface area contributed by atoms with Gasteiger partial charge in [-0.1, -0.05) is 27.3 Å². The maximum atomic E-state index is 11.4. The largest absolute Gasteiger partial charge is 0.486 e. The number of nitrogens with zero attached hydrogens (tertiary/aromatic N) is 1. The minimum Gasteiger partial charge on any atom is -0.486 e. The molecule has 1 aromatic rings. The normalized spacial score (nSPS) is 10.0. The fraction of sp³-hybridized carbons (Fsp3) is 0.375. The zero-order valence-corrected chi connectivity index (χ0v) is 10.2. The second-order valence-electron chi connectivity index (χ2n) is 2.45. The van der Waals surface area contributed by atoms with Crippen LogP contribution in [0.5, 0.6) is 5.19 Å². The molecule has 5 nitrogen and oxygen atoms in total. The van der Waals surface area contributed by atoms with E-state index in [1.54, 1.807) is 6.92 Å². The van der Waals surface area contributed by atoms with Crippen LogP contribution < -0.4 is 0 Å². The molecule has 0 bridgehead atoms. The van der Waals surface area contributed by atoms with Crippen molar-refractivity contribution < 1.29 is 19.4 Å². The monoisotopic (exact) mass is 293 g/mol. The molecule has 0 radical (unpaired) electrons. The summed E-state index contributed by atoms with van der Waals surface area (Å²) in [6, 6.07) is 0. The molecule has 15 heavy (non-hydrogen) atoms. The number of ether oxygens (including phenoxy) is 1. The molecule has 0 aromatic carbocycles. The Hall–Kier alpha value is -0.950. The molecule has 0 aliphatic carbocycles. The van der Waals surface area contributed by atoms with Gasteiger partial charge >= 0.3 is 5.97 Å². The van der Waals surface area contributed by atoms with Gasteiger partial charge in [0.2, 0.25) is 0 Å². The van der Waals surface area contributed by atoms with Crippen molar-refractivity contribution in [2.24, 2.45) is 0 Å². The Morgan fingerprint density at radius 3 is 2.80 bits per heavy atom. The number of Topliss-reactive ketones (excluding diaryl/α,β-unsaturated/α-hetero) is 1. The summed E-state index contributed by atoms with van der Waals surface area (Å²) in [6.07, 6.45) is 0. The molecule has 0 fully saturated rings. The fourth-order valence-corrected chi connectivity index (χ4v) is 2.09. The topological polar surface area (TPSA) is 76.5 Å². The third-order valence-corrected chi connectivity index (χ3v) is 2.87. The number of alkyl halides is 1. The standard InChI is InChI=1S/C8H8BrNO4S/c1-2-14-7(12)5-6(4(11)3-9)15-8(13)10-5/h2-3H2,1H3,(H,10,13). The lowest BCUT2D eigenvalue weighted by molar-refractivity contribution is 0.0516. The van der Waals surface area contributed by atoms with Gasteiger partial charge in [-0.2, -0.15) is 4.98 Å². The van der Waals surface area contributed by atoms with Gasteiger partial charge < -0.3 is 9.84 Å². The minimum atomic E-state index is -0.696. The average molecular weight is 294 g/mol. The number of hydrogen-bond acceptors (Lipinski definition) is 6. The summed E-state index contributed by atoms with van der Waals surface area (Å²) >= 11 is 3.74. The van der Waals surface area contributed by atoms with Crippen molar-refractivity contribution in [2.75, 3.05) is 11.9 Å². The lowest BCUT2D eigenvalue weighted by Crippen LogP contribution is -2.11. The molecule has 0 saturated heterocycles. The van der Waals surface area contributed by atoms with E-state index in [0.29, 0.717) is 0 Å². The number of ketones is 1. The Balaban J connectivity index is 3.06. The summed E-state index contributed by atoms with van der Waals surface area (Å²) in [4.78, 5) is 26.4. The van der Waals surface area contributed by atoms with Crippen LogP contribution in [0.2, 0.25) is 0 Å². The van der Waals surface area contributed by atoms with Crippen molar-refractivity contribution in [3.05, 3.63) is 10.6 Å². The molecule has 0 atom stereocenters. The first-order valence-corrected chi connectivity index (χ1v) is 6.00. The van der Waals surface area contributed by atoms with E-state index in [1.165, 1.54) is 0 Å². The number of hydrogen-bond donors (Lipinski definition) is 1. The van der Waals surface area contributed by atoms with Crippen LogP contribution in [-0.2, 0) is 4.74 Å². The summed E-state index contributed by atoms with van der Waals surface area (Å²) in [7, 11) is 0. The number of aromatic hydroxyl groups is 1. The number of aromatic nitrogens is 1. The van der Waals surface area contributed by atoms with Crippen LogP contribution in [-0.4, -0.2) is 33.8 Å². The zero-order valence-electron chi connectivity index (χ0n) is 7.82. The number of halogens is 1. The Kier molecular flexibility index (Phi) is 4.22. The molecule has 0 aliphatic rings. The van der Waals surface area contributed by atoms with Crippen LogP contribution >= 0.6 is 27.3 Å². The zero-order chi connectivity index (χ0) is 11.4. The summed E-state index contributed by atoms with van der Waals surface area (Å²) in [5, 5.41) is 8.88. The van der Waals surface area contributed by atoms with Crippen molar-refractivity contribution in [2.45, 2.75) is 6.92 Å². The van der Waals surface area contributed by atoms with Crippen LogP contribution in [0.25, 0.3) is 0 Å². The third kappa shape index (κ3) is 2.75. The van der Waals surface area contributed by atoms with Gasteiger partial charge in [-0.15, -0.1) is 0 Å². The molecule has 0 unspecified atom stereocenters. The molecule has 0 aliphatic heterocycles. The SMILES string of the molecule is CCOC(=O)c1nc(O)sc1C(=O)CBr. The quantitative estimate of drug-likeness (QED) is 0.518. The Labute approximate surface area is 98.2 Å². The minimum absolute atomic E-state index is 0.0705. The van der Waals surface area contributed by atoms with Gasteiger partial charge in [0.15, 0.2) is 11.5 Å². The van der Waals surface area contributed by atoms with Gasteiger partial charge in [0, 0.05) is 0 Å². The van der Waals surface area contributed by atoms with Gasteiger partial charge in [0.05, 0.1) is 11.9 Å². The van der Waals surface area contributed by atoms with Crippen molar-refractivity contribution >= 4 is 39.0 Å². The first-order chi connectivity index (χ1) is 7.10. The smallest absolute Gasteiger partial charge is 0.358 e. The van der Waals surface area contributed by atoms with E-state index in [-0.39, 0.29) is 33.5 Å². The maximum absolute atomic E-state index is 11.4. The lowest BCUT2D eigenvalue weighted by atomic mass is 10.3. The second-order valence-corrected chi connectivity index (χ2v) is 3.99. The van der Waals surface area contributed by atoms with Gasteiger partial charge in [0.1, 0.15) is 4.88 Å². The van der Waals surface area contributed by atoms with E-state index >= 15 is 0 Å². The molecule has 0 saturated carbocycles. The fourth-order valence-electron chi connectivity index (χ4n) is 0.896. The van der Waals surface area contributed by atoms with E-state index in [1.807, 2.05) is 0 Å². The molecule has 1 N–H and O–H groups in total. The molecule has 0 amide bonds. The summed E-state index contributed by atoms with van der Waals surface area (Å²) < 4.78 is 4.70. The molecular weight excluding hydrogens is 286 g/mol. The molecule has 1 aromatic heterocycles. The third-order valence-electron chi connectivity index (χ3n) is 1.46. The maximum Gasteiger partial charge on any atom is 0.358 e. The van der Waals surface area contributed by atoms with Crippen molar-refractivity contribution in [3.63, 3.8) is 0 Å². The molecular formula is C8H8BrNO4S. The molecule has 1 rings (SSSR count).